The van der Waals surface area contributed by atoms with E-state index in [0.717, 1.165) is 6.54 Å². The maximum Gasteiger partial charge on any atom is 0.0402 e. The first-order valence-corrected chi connectivity index (χ1v) is 4.86. The molecule has 0 unspecified atom stereocenters. The second-order valence-electron chi connectivity index (χ2n) is 3.39. The number of fused-ring (bicyclic) bond motifs is 1. The van der Waals surface area contributed by atoms with E-state index in [-0.39, 0.29) is 0 Å². The van der Waals surface area contributed by atoms with Gasteiger partial charge in [-0.05, 0) is 25.0 Å². The van der Waals surface area contributed by atoms with Gasteiger partial charge in [0.25, 0.3) is 0 Å². The quantitative estimate of drug-likeness (QED) is 0.621. The van der Waals surface area contributed by atoms with Crippen molar-refractivity contribution in [2.24, 2.45) is 0 Å². The summed E-state index contributed by atoms with van der Waals surface area (Å²) >= 11 is 0. The number of rotatable bonds is 2. The number of hydrogen-bond acceptors (Lipinski definition) is 1. The molecule has 1 aliphatic heterocycles. The first-order valence-electron chi connectivity index (χ1n) is 4.86. The maximum absolute atomic E-state index is 2.43. The van der Waals surface area contributed by atoms with Crippen molar-refractivity contribution in [1.29, 1.82) is 0 Å². The fourth-order valence-corrected chi connectivity index (χ4v) is 1.83. The van der Waals surface area contributed by atoms with E-state index in [4.69, 9.17) is 0 Å². The van der Waals surface area contributed by atoms with Crippen molar-refractivity contribution in [3.63, 3.8) is 0 Å². The predicted molar refractivity (Wildman–Crippen MR) is 57.2 cm³/mol. The van der Waals surface area contributed by atoms with Crippen LogP contribution < -0.4 is 4.90 Å². The molecular weight excluding hydrogens is 158 g/mol. The van der Waals surface area contributed by atoms with Crippen LogP contribution in [0.25, 0.3) is 0 Å². The van der Waals surface area contributed by atoms with E-state index < -0.39 is 0 Å². The fourth-order valence-electron chi connectivity index (χ4n) is 1.83. The third kappa shape index (κ3) is 1.59. The van der Waals surface area contributed by atoms with Crippen LogP contribution in [0, 0.1) is 0 Å². The van der Waals surface area contributed by atoms with Gasteiger partial charge in [0.1, 0.15) is 0 Å². The lowest BCUT2D eigenvalue weighted by molar-refractivity contribution is 0.903. The third-order valence-corrected chi connectivity index (χ3v) is 2.54. The van der Waals surface area contributed by atoms with E-state index in [1.165, 1.54) is 24.2 Å². The number of nitrogens with zero attached hydrogens (tertiary/aromatic N) is 1. The lowest BCUT2D eigenvalue weighted by Crippen LogP contribution is -2.19. The molecule has 1 heteroatoms. The fraction of sp³-hybridized carbons (Fsp3) is 0.333. The zero-order valence-electron chi connectivity index (χ0n) is 8.03. The molecule has 2 rings (SSSR count). The van der Waals surface area contributed by atoms with Gasteiger partial charge in [-0.2, -0.15) is 0 Å². The Bertz CT molecular complexity index is 315. The third-order valence-electron chi connectivity index (χ3n) is 2.54. The second kappa shape index (κ2) is 3.65. The van der Waals surface area contributed by atoms with Gasteiger partial charge in [0.15, 0.2) is 0 Å². The van der Waals surface area contributed by atoms with E-state index in [1.807, 2.05) is 0 Å². The van der Waals surface area contributed by atoms with Gasteiger partial charge in [0.05, 0.1) is 0 Å². The summed E-state index contributed by atoms with van der Waals surface area (Å²) in [5.74, 6) is 0. The summed E-state index contributed by atoms with van der Waals surface area (Å²) in [6.07, 6.45) is 5.52. The molecule has 1 heterocycles. The molecule has 0 amide bonds. The lowest BCUT2D eigenvalue weighted by Gasteiger charge is -2.16. The standard InChI is InChI=1S/C12H15N/c1-2-3-9-13-10-8-11-6-4-5-7-12(11)13/h2-7H,8-10H2,1H3. The van der Waals surface area contributed by atoms with Gasteiger partial charge in [0.2, 0.25) is 0 Å². The predicted octanol–water partition coefficient (Wildman–Crippen LogP) is 2.63. The second-order valence-corrected chi connectivity index (χ2v) is 3.39. The first kappa shape index (κ1) is 8.36. The van der Waals surface area contributed by atoms with Crippen LogP contribution in [-0.4, -0.2) is 13.1 Å². The summed E-state index contributed by atoms with van der Waals surface area (Å²) in [5, 5.41) is 0. The molecule has 0 aromatic heterocycles. The van der Waals surface area contributed by atoms with E-state index >= 15 is 0 Å². The maximum atomic E-state index is 2.43. The van der Waals surface area contributed by atoms with Crippen molar-refractivity contribution in [3.8, 4) is 0 Å². The smallest absolute Gasteiger partial charge is 0.0402 e. The Hall–Kier alpha value is -1.24. The summed E-state index contributed by atoms with van der Waals surface area (Å²) in [4.78, 5) is 2.43. The average Bonchev–Trinajstić information content (AvgIpc) is 2.58. The summed E-state index contributed by atoms with van der Waals surface area (Å²) in [6.45, 7) is 4.29. The molecule has 13 heavy (non-hydrogen) atoms. The summed E-state index contributed by atoms with van der Waals surface area (Å²) < 4.78 is 0. The minimum Gasteiger partial charge on any atom is -0.367 e. The van der Waals surface area contributed by atoms with Crippen LogP contribution in [0.3, 0.4) is 0 Å². The van der Waals surface area contributed by atoms with Gasteiger partial charge in [0, 0.05) is 18.8 Å². The SMILES string of the molecule is CC=CCN1CCc2ccccc21. The summed E-state index contributed by atoms with van der Waals surface area (Å²) in [6, 6.07) is 8.68. The molecule has 1 aliphatic rings. The Labute approximate surface area is 79.7 Å². The van der Waals surface area contributed by atoms with Crippen LogP contribution in [0.4, 0.5) is 5.69 Å². The Kier molecular flexibility index (Phi) is 2.35. The number of hydrogen-bond donors (Lipinski definition) is 0. The van der Waals surface area contributed by atoms with Crippen molar-refractivity contribution >= 4 is 5.69 Å². The zero-order valence-corrected chi connectivity index (χ0v) is 8.03. The van der Waals surface area contributed by atoms with Crippen molar-refractivity contribution in [1.82, 2.24) is 0 Å². The molecule has 1 aromatic rings. The normalized spacial score (nSPS) is 15.3. The van der Waals surface area contributed by atoms with Gasteiger partial charge in [-0.1, -0.05) is 30.4 Å². The number of allylic oxidation sites excluding steroid dienone is 1. The lowest BCUT2D eigenvalue weighted by atomic mass is 10.2. The van der Waals surface area contributed by atoms with Gasteiger partial charge in [-0.15, -0.1) is 0 Å². The average molecular weight is 173 g/mol. The highest BCUT2D eigenvalue weighted by Gasteiger charge is 2.16. The van der Waals surface area contributed by atoms with E-state index in [0.29, 0.717) is 0 Å². The van der Waals surface area contributed by atoms with Crippen LogP contribution in [0.15, 0.2) is 36.4 Å². The molecule has 0 saturated carbocycles. The Morgan fingerprint density at radius 3 is 3.08 bits per heavy atom. The van der Waals surface area contributed by atoms with E-state index in [2.05, 4.69) is 48.2 Å². The van der Waals surface area contributed by atoms with Crippen LogP contribution in [-0.2, 0) is 6.42 Å². The monoisotopic (exact) mass is 173 g/mol. The van der Waals surface area contributed by atoms with Crippen LogP contribution >= 0.6 is 0 Å². The Balaban J connectivity index is 2.18. The largest absolute Gasteiger partial charge is 0.367 e. The summed E-state index contributed by atoms with van der Waals surface area (Å²) in [5.41, 5.74) is 2.91. The number of para-hydroxylation sites is 1. The molecular formula is C12H15N. The minimum atomic E-state index is 1.05. The van der Waals surface area contributed by atoms with Gasteiger partial charge in [-0.3, -0.25) is 0 Å². The molecule has 0 fully saturated rings. The van der Waals surface area contributed by atoms with E-state index in [9.17, 15) is 0 Å². The highest BCUT2D eigenvalue weighted by Crippen LogP contribution is 2.26. The van der Waals surface area contributed by atoms with Crippen LogP contribution in [0.2, 0.25) is 0 Å². The molecule has 0 spiro atoms. The van der Waals surface area contributed by atoms with Gasteiger partial charge in [-0.25, -0.2) is 0 Å². The molecule has 0 bridgehead atoms. The molecule has 1 aromatic carbocycles. The van der Waals surface area contributed by atoms with Crippen molar-refractivity contribution in [2.45, 2.75) is 13.3 Å². The molecule has 1 nitrogen and oxygen atoms in total. The summed E-state index contributed by atoms with van der Waals surface area (Å²) in [7, 11) is 0. The van der Waals surface area contributed by atoms with Crippen LogP contribution in [0.1, 0.15) is 12.5 Å². The molecule has 0 N–H and O–H groups in total. The number of anilines is 1. The highest BCUT2D eigenvalue weighted by atomic mass is 15.1. The van der Waals surface area contributed by atoms with Gasteiger partial charge < -0.3 is 4.90 Å². The molecule has 0 radical (unpaired) electrons. The minimum absolute atomic E-state index is 1.05. The number of benzene rings is 1. The Morgan fingerprint density at radius 2 is 2.23 bits per heavy atom. The molecule has 0 saturated heterocycles. The molecule has 0 atom stereocenters. The van der Waals surface area contributed by atoms with Crippen molar-refractivity contribution in [3.05, 3.63) is 42.0 Å². The van der Waals surface area contributed by atoms with E-state index in [1.54, 1.807) is 0 Å². The molecule has 0 aliphatic carbocycles. The van der Waals surface area contributed by atoms with Crippen molar-refractivity contribution < 1.29 is 0 Å². The Morgan fingerprint density at radius 1 is 1.38 bits per heavy atom. The van der Waals surface area contributed by atoms with Crippen LogP contribution in [0.5, 0.6) is 0 Å². The van der Waals surface area contributed by atoms with Crippen molar-refractivity contribution in [2.75, 3.05) is 18.0 Å². The first-order chi connectivity index (χ1) is 6.42. The zero-order chi connectivity index (χ0) is 9.10. The molecule has 68 valence electrons. The topological polar surface area (TPSA) is 3.24 Å². The van der Waals surface area contributed by atoms with Gasteiger partial charge >= 0.3 is 0 Å². The highest BCUT2D eigenvalue weighted by molar-refractivity contribution is 5.58.